The number of nitrogens with one attached hydrogen (secondary N) is 1. The Kier molecular flexibility index (Phi) is 4.40. The van der Waals surface area contributed by atoms with Crippen LogP contribution in [0.25, 0.3) is 0 Å². The van der Waals surface area contributed by atoms with Crippen molar-refractivity contribution in [3.8, 4) is 6.07 Å². The second-order valence-corrected chi connectivity index (χ2v) is 6.55. The molecule has 1 fully saturated rings. The van der Waals surface area contributed by atoms with Gasteiger partial charge in [-0.2, -0.15) is 5.26 Å². The molecule has 1 aromatic rings. The van der Waals surface area contributed by atoms with Crippen LogP contribution in [0.2, 0.25) is 0 Å². The van der Waals surface area contributed by atoms with Crippen molar-refractivity contribution >= 4 is 27.9 Å². The minimum Gasteiger partial charge on any atom is -0.396 e. The summed E-state index contributed by atoms with van der Waals surface area (Å²) in [7, 11) is 1.54. The lowest BCUT2D eigenvalue weighted by Gasteiger charge is -2.23. The summed E-state index contributed by atoms with van der Waals surface area (Å²) in [5.74, 6) is -0.281. The quantitative estimate of drug-likeness (QED) is 0.764. The fraction of sp³-hybridized carbons (Fsp3) is 0.571. The van der Waals surface area contributed by atoms with Crippen LogP contribution in [0.15, 0.2) is 0 Å². The number of rotatable bonds is 2. The van der Waals surface area contributed by atoms with Crippen LogP contribution >= 0.6 is 11.3 Å². The monoisotopic (exact) mass is 308 g/mol. The summed E-state index contributed by atoms with van der Waals surface area (Å²) in [5, 5.41) is 22.6. The Balaban J connectivity index is 2.39. The number of amides is 1. The summed E-state index contributed by atoms with van der Waals surface area (Å²) in [4.78, 5) is 14.5. The van der Waals surface area contributed by atoms with E-state index in [2.05, 4.69) is 5.32 Å². The van der Waals surface area contributed by atoms with E-state index in [0.29, 0.717) is 23.4 Å². The van der Waals surface area contributed by atoms with Gasteiger partial charge in [0.25, 0.3) is 5.91 Å². The number of hydrogen-bond donors (Lipinski definition) is 3. The van der Waals surface area contributed by atoms with E-state index in [0.717, 1.165) is 24.4 Å². The van der Waals surface area contributed by atoms with Crippen molar-refractivity contribution < 1.29 is 9.90 Å². The van der Waals surface area contributed by atoms with Gasteiger partial charge in [-0.25, -0.2) is 0 Å². The van der Waals surface area contributed by atoms with E-state index in [1.807, 2.05) is 17.9 Å². The molecule has 2 heterocycles. The zero-order valence-corrected chi connectivity index (χ0v) is 13.1. The number of nitrogen functional groups attached to an aromatic ring is 1. The molecule has 0 aromatic carbocycles. The molecule has 1 unspecified atom stereocenters. The SMILES string of the molecule is CNC(=O)c1c(N2CCCC(C)(O)CC2)sc(C#N)c1N. The van der Waals surface area contributed by atoms with Crippen LogP contribution < -0.4 is 16.0 Å². The number of thiophene rings is 1. The molecule has 2 rings (SSSR count). The van der Waals surface area contributed by atoms with Crippen molar-refractivity contribution in [1.82, 2.24) is 5.32 Å². The molecule has 1 aliphatic heterocycles. The number of nitrogens with zero attached hydrogens (tertiary/aromatic N) is 2. The predicted molar refractivity (Wildman–Crippen MR) is 83.5 cm³/mol. The maximum atomic E-state index is 12.1. The number of hydrogen-bond acceptors (Lipinski definition) is 6. The minimum atomic E-state index is -0.678. The van der Waals surface area contributed by atoms with Crippen LogP contribution in [-0.4, -0.2) is 36.8 Å². The van der Waals surface area contributed by atoms with Gasteiger partial charge >= 0.3 is 0 Å². The van der Waals surface area contributed by atoms with Crippen LogP contribution in [0.3, 0.4) is 0 Å². The highest BCUT2D eigenvalue weighted by Crippen LogP contribution is 2.39. The maximum Gasteiger partial charge on any atom is 0.256 e. The van der Waals surface area contributed by atoms with Crippen molar-refractivity contribution in [2.45, 2.75) is 31.8 Å². The molecule has 1 atom stereocenters. The fourth-order valence-corrected chi connectivity index (χ4v) is 3.62. The summed E-state index contributed by atoms with van der Waals surface area (Å²) < 4.78 is 0. The van der Waals surface area contributed by atoms with Crippen LogP contribution in [0.1, 0.15) is 41.4 Å². The lowest BCUT2D eigenvalue weighted by molar-refractivity contribution is 0.0481. The van der Waals surface area contributed by atoms with Gasteiger partial charge in [0.2, 0.25) is 0 Å². The maximum absolute atomic E-state index is 12.1. The first-order valence-electron chi connectivity index (χ1n) is 6.91. The summed E-state index contributed by atoms with van der Waals surface area (Å²) in [6.45, 7) is 3.21. The minimum absolute atomic E-state index is 0.243. The Labute approximate surface area is 128 Å². The molecule has 0 bridgehead atoms. The van der Waals surface area contributed by atoms with Crippen LogP contribution in [0.5, 0.6) is 0 Å². The molecule has 0 saturated carbocycles. The average molecular weight is 308 g/mol. The molecule has 1 amide bonds. The highest BCUT2D eigenvalue weighted by atomic mass is 32.1. The number of carbonyl (C=O) groups is 1. The molecule has 6 nitrogen and oxygen atoms in total. The number of nitrogens with two attached hydrogens (primary N) is 1. The van der Waals surface area contributed by atoms with Crippen LogP contribution in [0, 0.1) is 11.3 Å². The number of aliphatic hydroxyl groups is 1. The van der Waals surface area contributed by atoms with Gasteiger partial charge in [0, 0.05) is 20.1 Å². The van der Waals surface area contributed by atoms with E-state index in [9.17, 15) is 9.90 Å². The lowest BCUT2D eigenvalue weighted by Crippen LogP contribution is -2.29. The lowest BCUT2D eigenvalue weighted by atomic mass is 9.98. The fourth-order valence-electron chi connectivity index (χ4n) is 2.55. The highest BCUT2D eigenvalue weighted by molar-refractivity contribution is 7.17. The van der Waals surface area contributed by atoms with E-state index in [1.165, 1.54) is 11.3 Å². The molecule has 114 valence electrons. The molecule has 21 heavy (non-hydrogen) atoms. The Bertz CT molecular complexity index is 589. The first kappa shape index (κ1) is 15.6. The topological polar surface area (TPSA) is 102 Å². The van der Waals surface area contributed by atoms with Crippen molar-refractivity contribution in [3.63, 3.8) is 0 Å². The zero-order valence-electron chi connectivity index (χ0n) is 12.3. The third-order valence-corrected chi connectivity index (χ3v) is 5.00. The predicted octanol–water partition coefficient (Wildman–Crippen LogP) is 1.30. The molecule has 7 heteroatoms. The summed E-state index contributed by atoms with van der Waals surface area (Å²) in [6.07, 6.45) is 2.19. The number of carbonyl (C=O) groups excluding carboxylic acids is 1. The van der Waals surface area contributed by atoms with Gasteiger partial charge in [0.1, 0.15) is 15.9 Å². The van der Waals surface area contributed by atoms with Gasteiger partial charge in [-0.1, -0.05) is 0 Å². The highest BCUT2D eigenvalue weighted by Gasteiger charge is 2.29. The van der Waals surface area contributed by atoms with Gasteiger partial charge in [-0.05, 0) is 26.2 Å². The van der Waals surface area contributed by atoms with Crippen molar-refractivity contribution in [2.24, 2.45) is 0 Å². The molecular weight excluding hydrogens is 288 g/mol. The van der Waals surface area contributed by atoms with Crippen molar-refractivity contribution in [1.29, 1.82) is 5.26 Å². The Morgan fingerprint density at radius 1 is 1.52 bits per heavy atom. The molecule has 0 aliphatic carbocycles. The first-order valence-corrected chi connectivity index (χ1v) is 7.73. The van der Waals surface area contributed by atoms with E-state index in [-0.39, 0.29) is 11.6 Å². The van der Waals surface area contributed by atoms with E-state index in [1.54, 1.807) is 7.05 Å². The Hall–Kier alpha value is -1.78. The van der Waals surface area contributed by atoms with Gasteiger partial charge < -0.3 is 21.1 Å². The van der Waals surface area contributed by atoms with E-state index < -0.39 is 5.60 Å². The summed E-state index contributed by atoms with van der Waals surface area (Å²) in [6, 6.07) is 2.04. The molecule has 4 N–H and O–H groups in total. The standard InChI is InChI=1S/C14H20N4O2S/c1-14(20)4-3-6-18(7-5-14)13-10(12(19)17-2)11(16)9(8-15)21-13/h20H,3-7,16H2,1-2H3,(H,17,19). The third-order valence-electron chi connectivity index (χ3n) is 3.83. The van der Waals surface area contributed by atoms with Crippen molar-refractivity contribution in [3.05, 3.63) is 10.4 Å². The van der Waals surface area contributed by atoms with Gasteiger partial charge in [0.05, 0.1) is 16.9 Å². The molecular formula is C14H20N4O2S. The normalized spacial score (nSPS) is 22.5. The van der Waals surface area contributed by atoms with Crippen LogP contribution in [-0.2, 0) is 0 Å². The zero-order chi connectivity index (χ0) is 15.6. The van der Waals surface area contributed by atoms with E-state index in [4.69, 9.17) is 11.0 Å². The van der Waals surface area contributed by atoms with Crippen LogP contribution in [0.4, 0.5) is 10.7 Å². The van der Waals surface area contributed by atoms with Gasteiger partial charge in [-0.3, -0.25) is 4.79 Å². The van der Waals surface area contributed by atoms with Crippen molar-refractivity contribution in [2.75, 3.05) is 30.8 Å². The third kappa shape index (κ3) is 3.12. The van der Waals surface area contributed by atoms with Gasteiger partial charge in [-0.15, -0.1) is 11.3 Å². The number of anilines is 2. The smallest absolute Gasteiger partial charge is 0.256 e. The Morgan fingerprint density at radius 2 is 2.24 bits per heavy atom. The molecule has 1 aliphatic rings. The summed E-state index contributed by atoms with van der Waals surface area (Å²) in [5.41, 5.74) is 5.88. The second kappa shape index (κ2) is 5.92. The van der Waals surface area contributed by atoms with Gasteiger partial charge in [0.15, 0.2) is 0 Å². The molecule has 1 saturated heterocycles. The van der Waals surface area contributed by atoms with E-state index >= 15 is 0 Å². The Morgan fingerprint density at radius 3 is 2.86 bits per heavy atom. The first-order chi connectivity index (χ1) is 9.89. The molecule has 0 radical (unpaired) electrons. The molecule has 0 spiro atoms. The summed E-state index contributed by atoms with van der Waals surface area (Å²) >= 11 is 1.24. The molecule has 1 aromatic heterocycles. The number of nitriles is 1. The average Bonchev–Trinajstić information content (AvgIpc) is 2.66. The largest absolute Gasteiger partial charge is 0.396 e. The second-order valence-electron chi connectivity index (χ2n) is 5.55.